The van der Waals surface area contributed by atoms with Gasteiger partial charge < -0.3 is 5.32 Å². The van der Waals surface area contributed by atoms with E-state index in [4.69, 9.17) is 0 Å². The standard InChI is InChI=1S/C24H20BrF3N4O/c1-13-4-6-16(7-5-13)12-32-15(3)22(14(2)31-32)30-23(33)19-11-21(24(26,27)28)29-20-9-8-17(25)10-18(19)20/h4-11H,12H2,1-3H3,(H,30,33). The lowest BCUT2D eigenvalue weighted by Gasteiger charge is -2.13. The van der Waals surface area contributed by atoms with Crippen molar-refractivity contribution >= 4 is 38.4 Å². The Hall–Kier alpha value is -3.20. The van der Waals surface area contributed by atoms with Crippen LogP contribution in [-0.4, -0.2) is 20.7 Å². The predicted molar refractivity (Wildman–Crippen MR) is 124 cm³/mol. The van der Waals surface area contributed by atoms with Crippen LogP contribution in [0.25, 0.3) is 10.9 Å². The molecule has 33 heavy (non-hydrogen) atoms. The molecule has 1 amide bonds. The summed E-state index contributed by atoms with van der Waals surface area (Å²) >= 11 is 3.31. The van der Waals surface area contributed by atoms with Crippen LogP contribution in [0.15, 0.2) is 53.0 Å². The lowest BCUT2D eigenvalue weighted by Crippen LogP contribution is -2.17. The second kappa shape index (κ2) is 8.62. The van der Waals surface area contributed by atoms with Gasteiger partial charge in [-0.2, -0.15) is 18.3 Å². The third kappa shape index (κ3) is 4.78. The average Bonchev–Trinajstić information content (AvgIpc) is 3.01. The number of fused-ring (bicyclic) bond motifs is 1. The highest BCUT2D eigenvalue weighted by atomic mass is 79.9. The second-order valence-corrected chi connectivity index (χ2v) is 8.77. The van der Waals surface area contributed by atoms with Gasteiger partial charge in [0.1, 0.15) is 5.69 Å². The molecule has 0 aliphatic rings. The monoisotopic (exact) mass is 516 g/mol. The first-order valence-electron chi connectivity index (χ1n) is 10.1. The number of aryl methyl sites for hydroxylation is 2. The van der Waals surface area contributed by atoms with Crippen LogP contribution in [0.1, 0.15) is 38.6 Å². The molecule has 0 aliphatic heterocycles. The average molecular weight is 517 g/mol. The molecule has 0 bridgehead atoms. The molecule has 2 heterocycles. The molecule has 4 aromatic rings. The molecule has 0 fully saturated rings. The van der Waals surface area contributed by atoms with Gasteiger partial charge in [-0.3, -0.25) is 9.48 Å². The Kier molecular flexibility index (Phi) is 6.00. The third-order valence-electron chi connectivity index (χ3n) is 5.38. The van der Waals surface area contributed by atoms with Gasteiger partial charge >= 0.3 is 6.18 Å². The van der Waals surface area contributed by atoms with Crippen LogP contribution in [-0.2, 0) is 12.7 Å². The van der Waals surface area contributed by atoms with E-state index in [1.807, 2.05) is 38.1 Å². The Bertz CT molecular complexity index is 1360. The topological polar surface area (TPSA) is 59.8 Å². The molecule has 4 rings (SSSR count). The number of nitrogens with zero attached hydrogens (tertiary/aromatic N) is 3. The number of anilines is 1. The molecule has 1 N–H and O–H groups in total. The maximum Gasteiger partial charge on any atom is 0.433 e. The Morgan fingerprint density at radius 3 is 2.42 bits per heavy atom. The predicted octanol–water partition coefficient (Wildman–Crippen LogP) is 6.44. The summed E-state index contributed by atoms with van der Waals surface area (Å²) in [7, 11) is 0. The van der Waals surface area contributed by atoms with Gasteiger partial charge in [-0.1, -0.05) is 45.8 Å². The molecular formula is C24H20BrF3N4O. The minimum atomic E-state index is -4.68. The van der Waals surface area contributed by atoms with Crippen LogP contribution < -0.4 is 5.32 Å². The number of rotatable bonds is 4. The van der Waals surface area contributed by atoms with Crippen molar-refractivity contribution in [1.82, 2.24) is 14.8 Å². The van der Waals surface area contributed by atoms with Gasteiger partial charge in [0.15, 0.2) is 0 Å². The van der Waals surface area contributed by atoms with Crippen LogP contribution in [0.5, 0.6) is 0 Å². The van der Waals surface area contributed by atoms with E-state index in [2.05, 4.69) is 31.3 Å². The highest BCUT2D eigenvalue weighted by molar-refractivity contribution is 9.10. The van der Waals surface area contributed by atoms with E-state index in [1.54, 1.807) is 23.7 Å². The van der Waals surface area contributed by atoms with Gasteiger partial charge in [0, 0.05) is 9.86 Å². The summed E-state index contributed by atoms with van der Waals surface area (Å²) in [5.41, 5.74) is 2.80. The lowest BCUT2D eigenvalue weighted by atomic mass is 10.1. The van der Waals surface area contributed by atoms with Gasteiger partial charge in [-0.25, -0.2) is 4.98 Å². The number of amides is 1. The van der Waals surface area contributed by atoms with Crippen LogP contribution in [0.3, 0.4) is 0 Å². The number of halogens is 4. The number of nitrogens with one attached hydrogen (secondary N) is 1. The zero-order chi connectivity index (χ0) is 23.9. The Labute approximate surface area is 196 Å². The van der Waals surface area contributed by atoms with Gasteiger partial charge in [0.25, 0.3) is 5.91 Å². The highest BCUT2D eigenvalue weighted by Gasteiger charge is 2.34. The van der Waals surface area contributed by atoms with Crippen molar-refractivity contribution in [3.05, 3.63) is 86.8 Å². The van der Waals surface area contributed by atoms with E-state index in [0.717, 1.165) is 17.2 Å². The molecule has 0 radical (unpaired) electrons. The van der Waals surface area contributed by atoms with Crippen LogP contribution in [0, 0.1) is 20.8 Å². The van der Waals surface area contributed by atoms with E-state index in [-0.39, 0.29) is 11.1 Å². The smallest absolute Gasteiger partial charge is 0.319 e. The van der Waals surface area contributed by atoms with Gasteiger partial charge in [-0.05, 0) is 50.6 Å². The third-order valence-corrected chi connectivity index (χ3v) is 5.87. The fourth-order valence-corrected chi connectivity index (χ4v) is 3.97. The molecule has 0 atom stereocenters. The van der Waals surface area contributed by atoms with E-state index in [0.29, 0.717) is 33.5 Å². The van der Waals surface area contributed by atoms with Crippen molar-refractivity contribution < 1.29 is 18.0 Å². The number of benzene rings is 2. The lowest BCUT2D eigenvalue weighted by molar-refractivity contribution is -0.140. The number of hydrogen-bond donors (Lipinski definition) is 1. The zero-order valence-electron chi connectivity index (χ0n) is 18.1. The number of hydrogen-bond acceptors (Lipinski definition) is 3. The minimum Gasteiger partial charge on any atom is -0.319 e. The molecule has 0 unspecified atom stereocenters. The summed E-state index contributed by atoms with van der Waals surface area (Å²) in [6, 6.07) is 13.4. The van der Waals surface area contributed by atoms with Crippen LogP contribution >= 0.6 is 15.9 Å². The summed E-state index contributed by atoms with van der Waals surface area (Å²) in [4.78, 5) is 16.9. The Balaban J connectivity index is 1.71. The molecule has 0 saturated heterocycles. The molecule has 9 heteroatoms. The number of pyridine rings is 1. The fourth-order valence-electron chi connectivity index (χ4n) is 3.61. The van der Waals surface area contributed by atoms with Gasteiger partial charge in [0.2, 0.25) is 0 Å². The normalized spacial score (nSPS) is 11.7. The molecule has 0 aliphatic carbocycles. The van der Waals surface area contributed by atoms with E-state index in [9.17, 15) is 18.0 Å². The maximum atomic E-state index is 13.4. The highest BCUT2D eigenvalue weighted by Crippen LogP contribution is 2.32. The maximum absolute atomic E-state index is 13.4. The van der Waals surface area contributed by atoms with E-state index in [1.165, 1.54) is 6.07 Å². The van der Waals surface area contributed by atoms with Crippen molar-refractivity contribution in [1.29, 1.82) is 0 Å². The zero-order valence-corrected chi connectivity index (χ0v) is 19.7. The minimum absolute atomic E-state index is 0.0849. The van der Waals surface area contributed by atoms with Crippen molar-refractivity contribution in [3.63, 3.8) is 0 Å². The van der Waals surface area contributed by atoms with Crippen molar-refractivity contribution in [2.45, 2.75) is 33.5 Å². The van der Waals surface area contributed by atoms with E-state index < -0.39 is 17.8 Å². The van der Waals surface area contributed by atoms with E-state index >= 15 is 0 Å². The molecule has 5 nitrogen and oxygen atoms in total. The summed E-state index contributed by atoms with van der Waals surface area (Å²) in [5.74, 6) is -0.660. The Morgan fingerprint density at radius 1 is 1.06 bits per heavy atom. The van der Waals surface area contributed by atoms with Gasteiger partial charge in [-0.15, -0.1) is 0 Å². The van der Waals surface area contributed by atoms with Crippen LogP contribution in [0.2, 0.25) is 0 Å². The molecule has 170 valence electrons. The summed E-state index contributed by atoms with van der Waals surface area (Å²) < 4.78 is 42.6. The second-order valence-electron chi connectivity index (χ2n) is 7.86. The van der Waals surface area contributed by atoms with Crippen molar-refractivity contribution in [2.75, 3.05) is 5.32 Å². The van der Waals surface area contributed by atoms with Gasteiger partial charge in [0.05, 0.1) is 34.7 Å². The largest absolute Gasteiger partial charge is 0.433 e. The SMILES string of the molecule is Cc1ccc(Cn2nc(C)c(NC(=O)c3cc(C(F)(F)F)nc4ccc(Br)cc34)c2C)cc1. The van der Waals surface area contributed by atoms with Crippen molar-refractivity contribution in [3.8, 4) is 0 Å². The Morgan fingerprint density at radius 2 is 1.76 bits per heavy atom. The molecule has 0 saturated carbocycles. The summed E-state index contributed by atoms with van der Waals surface area (Å²) in [5, 5.41) is 7.59. The number of alkyl halides is 3. The summed E-state index contributed by atoms with van der Waals surface area (Å²) in [6.07, 6.45) is -4.68. The van der Waals surface area contributed by atoms with Crippen molar-refractivity contribution in [2.24, 2.45) is 0 Å². The summed E-state index contributed by atoms with van der Waals surface area (Å²) in [6.45, 7) is 6.07. The molecule has 2 aromatic carbocycles. The van der Waals surface area contributed by atoms with Crippen LogP contribution in [0.4, 0.5) is 18.9 Å². The molecule has 2 aromatic heterocycles. The number of carbonyl (C=O) groups excluding carboxylic acids is 1. The first-order valence-corrected chi connectivity index (χ1v) is 10.9. The fraction of sp³-hybridized carbons (Fsp3) is 0.208. The molecular weight excluding hydrogens is 497 g/mol. The molecule has 0 spiro atoms. The first-order chi connectivity index (χ1) is 15.5. The first kappa shape index (κ1) is 23.0. The number of aromatic nitrogens is 3. The quantitative estimate of drug-likeness (QED) is 0.339. The number of carbonyl (C=O) groups is 1.